The average molecular weight is 379 g/mol. The van der Waals surface area contributed by atoms with Gasteiger partial charge in [0.15, 0.2) is 0 Å². The molecule has 5 nitrogen and oxygen atoms in total. The van der Waals surface area contributed by atoms with Crippen LogP contribution in [0.15, 0.2) is 36.5 Å². The van der Waals surface area contributed by atoms with Gasteiger partial charge in [-0.3, -0.25) is 4.79 Å². The zero-order valence-electron chi connectivity index (χ0n) is 14.9. The molecule has 0 radical (unpaired) electrons. The molecule has 1 amide bonds. The molecular formula is C19H20F3N3O2. The number of hydrogen-bond acceptors (Lipinski definition) is 4. The first kappa shape index (κ1) is 19.1. The Balaban J connectivity index is 1.49. The number of piperidine rings is 1. The van der Waals surface area contributed by atoms with Crippen LogP contribution < -0.4 is 4.74 Å². The molecule has 8 heteroatoms. The molecule has 0 atom stereocenters. The molecular weight excluding hydrogens is 359 g/mol. The molecule has 0 N–H and O–H groups in total. The number of likely N-dealkylation sites (tertiary alicyclic amines) is 1. The van der Waals surface area contributed by atoms with E-state index >= 15 is 0 Å². The smallest absolute Gasteiger partial charge is 0.416 e. The summed E-state index contributed by atoms with van der Waals surface area (Å²) in [6, 6.07) is 6.43. The summed E-state index contributed by atoms with van der Waals surface area (Å²) in [5, 5.41) is 0. The van der Waals surface area contributed by atoms with Crippen LogP contribution in [0, 0.1) is 6.92 Å². The molecule has 144 valence electrons. The van der Waals surface area contributed by atoms with Crippen molar-refractivity contribution in [1.29, 1.82) is 0 Å². The highest BCUT2D eigenvalue weighted by molar-refractivity contribution is 5.78. The van der Waals surface area contributed by atoms with Crippen molar-refractivity contribution in [2.24, 2.45) is 0 Å². The summed E-state index contributed by atoms with van der Waals surface area (Å²) in [5.74, 6) is 1.07. The Labute approximate surface area is 155 Å². The minimum atomic E-state index is -4.37. The third-order valence-electron chi connectivity index (χ3n) is 4.47. The van der Waals surface area contributed by atoms with Gasteiger partial charge in [0, 0.05) is 38.2 Å². The second kappa shape index (κ2) is 7.94. The summed E-state index contributed by atoms with van der Waals surface area (Å²) in [5.41, 5.74) is -0.139. The zero-order chi connectivity index (χ0) is 19.4. The predicted molar refractivity (Wildman–Crippen MR) is 92.1 cm³/mol. The van der Waals surface area contributed by atoms with Crippen LogP contribution in [0.2, 0.25) is 0 Å². The SMILES string of the molecule is Cc1nccc(OC2CCN(C(=O)Cc3ccc(C(F)(F)F)cc3)CC2)n1. The van der Waals surface area contributed by atoms with E-state index in [1.807, 2.05) is 0 Å². The molecule has 0 unspecified atom stereocenters. The number of carbonyl (C=O) groups is 1. The van der Waals surface area contributed by atoms with Crippen LogP contribution in [-0.4, -0.2) is 40.0 Å². The highest BCUT2D eigenvalue weighted by atomic mass is 19.4. The highest BCUT2D eigenvalue weighted by Crippen LogP contribution is 2.29. The number of hydrogen-bond donors (Lipinski definition) is 0. The van der Waals surface area contributed by atoms with Gasteiger partial charge in [-0.05, 0) is 24.6 Å². The highest BCUT2D eigenvalue weighted by Gasteiger charge is 2.30. The molecule has 0 spiro atoms. The monoisotopic (exact) mass is 379 g/mol. The molecule has 0 saturated carbocycles. The Morgan fingerprint density at radius 1 is 1.19 bits per heavy atom. The summed E-state index contributed by atoms with van der Waals surface area (Å²) in [7, 11) is 0. The first-order valence-electron chi connectivity index (χ1n) is 8.71. The van der Waals surface area contributed by atoms with Crippen molar-refractivity contribution in [3.8, 4) is 5.88 Å². The molecule has 1 fully saturated rings. The first-order valence-corrected chi connectivity index (χ1v) is 8.71. The maximum Gasteiger partial charge on any atom is 0.416 e. The van der Waals surface area contributed by atoms with E-state index in [-0.39, 0.29) is 18.4 Å². The molecule has 1 aliphatic rings. The van der Waals surface area contributed by atoms with Gasteiger partial charge >= 0.3 is 6.18 Å². The number of benzene rings is 1. The quantitative estimate of drug-likeness (QED) is 0.817. The molecule has 3 rings (SSSR count). The fourth-order valence-corrected chi connectivity index (χ4v) is 2.99. The van der Waals surface area contributed by atoms with E-state index in [9.17, 15) is 18.0 Å². The van der Waals surface area contributed by atoms with Gasteiger partial charge in [0.05, 0.1) is 12.0 Å². The van der Waals surface area contributed by atoms with Gasteiger partial charge < -0.3 is 9.64 Å². The number of nitrogens with zero attached hydrogens (tertiary/aromatic N) is 3. The molecule has 27 heavy (non-hydrogen) atoms. The molecule has 1 aliphatic heterocycles. The van der Waals surface area contributed by atoms with E-state index in [0.717, 1.165) is 12.1 Å². The Kier molecular flexibility index (Phi) is 5.62. The van der Waals surface area contributed by atoms with Crippen molar-refractivity contribution in [2.45, 2.75) is 38.5 Å². The fourth-order valence-electron chi connectivity index (χ4n) is 2.99. The van der Waals surface area contributed by atoms with Gasteiger partial charge in [-0.2, -0.15) is 18.2 Å². The molecule has 2 aromatic rings. The fraction of sp³-hybridized carbons (Fsp3) is 0.421. The van der Waals surface area contributed by atoms with Crippen LogP contribution in [0.4, 0.5) is 13.2 Å². The van der Waals surface area contributed by atoms with Crippen molar-refractivity contribution >= 4 is 5.91 Å². The first-order chi connectivity index (χ1) is 12.8. The van der Waals surface area contributed by atoms with E-state index in [0.29, 0.717) is 43.2 Å². The van der Waals surface area contributed by atoms with Crippen LogP contribution in [-0.2, 0) is 17.4 Å². The van der Waals surface area contributed by atoms with Crippen LogP contribution >= 0.6 is 0 Å². The van der Waals surface area contributed by atoms with E-state index in [1.165, 1.54) is 12.1 Å². The van der Waals surface area contributed by atoms with Crippen LogP contribution in [0.25, 0.3) is 0 Å². The molecule has 0 aliphatic carbocycles. The number of carbonyl (C=O) groups excluding carboxylic acids is 1. The third kappa shape index (κ3) is 5.18. The zero-order valence-corrected chi connectivity index (χ0v) is 14.9. The molecule has 1 aromatic heterocycles. The van der Waals surface area contributed by atoms with Gasteiger partial charge in [0.2, 0.25) is 11.8 Å². The third-order valence-corrected chi connectivity index (χ3v) is 4.47. The normalized spacial score (nSPS) is 15.6. The Morgan fingerprint density at radius 2 is 1.85 bits per heavy atom. The van der Waals surface area contributed by atoms with Crippen molar-refractivity contribution in [2.75, 3.05) is 13.1 Å². The summed E-state index contributed by atoms with van der Waals surface area (Å²) in [6.07, 6.45) is -1.29. The minimum absolute atomic E-state index is 0.0191. The molecule has 1 aromatic carbocycles. The maximum absolute atomic E-state index is 12.6. The second-order valence-corrected chi connectivity index (χ2v) is 6.51. The summed E-state index contributed by atoms with van der Waals surface area (Å²) >= 11 is 0. The number of ether oxygens (including phenoxy) is 1. The molecule has 0 bridgehead atoms. The maximum atomic E-state index is 12.6. The van der Waals surface area contributed by atoms with Gasteiger partial charge in [-0.1, -0.05) is 12.1 Å². The van der Waals surface area contributed by atoms with Crippen molar-refractivity contribution in [1.82, 2.24) is 14.9 Å². The van der Waals surface area contributed by atoms with E-state index < -0.39 is 11.7 Å². The van der Waals surface area contributed by atoms with Gasteiger partial charge in [0.25, 0.3) is 0 Å². The largest absolute Gasteiger partial charge is 0.474 e. The lowest BCUT2D eigenvalue weighted by Crippen LogP contribution is -2.42. The Bertz CT molecular complexity index is 786. The van der Waals surface area contributed by atoms with E-state index in [1.54, 1.807) is 24.1 Å². The number of halogens is 3. The summed E-state index contributed by atoms with van der Waals surface area (Å²) < 4.78 is 43.6. The minimum Gasteiger partial charge on any atom is -0.474 e. The van der Waals surface area contributed by atoms with Gasteiger partial charge in [-0.25, -0.2) is 4.98 Å². The Hall–Kier alpha value is -2.64. The number of amides is 1. The lowest BCUT2D eigenvalue weighted by Gasteiger charge is -2.32. The second-order valence-electron chi connectivity index (χ2n) is 6.51. The predicted octanol–water partition coefficient (Wildman–Crippen LogP) is 3.42. The molecule has 1 saturated heterocycles. The Morgan fingerprint density at radius 3 is 2.44 bits per heavy atom. The lowest BCUT2D eigenvalue weighted by atomic mass is 10.0. The van der Waals surface area contributed by atoms with Crippen molar-refractivity contribution in [3.63, 3.8) is 0 Å². The van der Waals surface area contributed by atoms with Crippen LogP contribution in [0.1, 0.15) is 29.8 Å². The van der Waals surface area contributed by atoms with E-state index in [4.69, 9.17) is 4.74 Å². The summed E-state index contributed by atoms with van der Waals surface area (Å²) in [4.78, 5) is 22.4. The number of aryl methyl sites for hydroxylation is 1. The average Bonchev–Trinajstić information content (AvgIpc) is 2.62. The topological polar surface area (TPSA) is 55.3 Å². The van der Waals surface area contributed by atoms with Gasteiger partial charge in [0.1, 0.15) is 11.9 Å². The van der Waals surface area contributed by atoms with E-state index in [2.05, 4.69) is 9.97 Å². The molecule has 2 heterocycles. The van der Waals surface area contributed by atoms with Crippen molar-refractivity contribution < 1.29 is 22.7 Å². The lowest BCUT2D eigenvalue weighted by molar-refractivity contribution is -0.137. The van der Waals surface area contributed by atoms with Crippen molar-refractivity contribution in [3.05, 3.63) is 53.5 Å². The van der Waals surface area contributed by atoms with Crippen LogP contribution in [0.5, 0.6) is 5.88 Å². The number of aromatic nitrogens is 2. The number of alkyl halides is 3. The van der Waals surface area contributed by atoms with Crippen LogP contribution in [0.3, 0.4) is 0 Å². The van der Waals surface area contributed by atoms with Gasteiger partial charge in [-0.15, -0.1) is 0 Å². The standard InChI is InChI=1S/C19H20F3N3O2/c1-13-23-9-6-17(24-13)27-16-7-10-25(11-8-16)18(26)12-14-2-4-15(5-3-14)19(20,21)22/h2-6,9,16H,7-8,10-12H2,1H3. The number of rotatable bonds is 4. The summed E-state index contributed by atoms with van der Waals surface area (Å²) in [6.45, 7) is 2.89.